The number of carbonyl (C=O) groups excluding carboxylic acids is 2. The molecule has 1 heterocycles. The Labute approximate surface area is 151 Å². The second-order valence-corrected chi connectivity index (χ2v) is 6.57. The van der Waals surface area contributed by atoms with Gasteiger partial charge in [-0.2, -0.15) is 0 Å². The van der Waals surface area contributed by atoms with Crippen molar-refractivity contribution in [1.82, 2.24) is 9.88 Å². The fraction of sp³-hybridized carbons (Fsp3) is 0.350. The fourth-order valence-electron chi connectivity index (χ4n) is 2.83. The summed E-state index contributed by atoms with van der Waals surface area (Å²) in [6, 6.07) is 8.73. The zero-order chi connectivity index (χ0) is 18.7. The Kier molecular flexibility index (Phi) is 5.21. The largest absolute Gasteiger partial charge is 0.497 e. The predicted molar refractivity (Wildman–Crippen MR) is 97.9 cm³/mol. The highest BCUT2D eigenvalue weighted by atomic mass is 16.5. The predicted octanol–water partition coefficient (Wildman–Crippen LogP) is 2.25. The highest BCUT2D eigenvalue weighted by Gasteiger charge is 2.26. The second-order valence-electron chi connectivity index (χ2n) is 6.57. The smallest absolute Gasteiger partial charge is 0.263 e. The molecule has 1 aliphatic rings. The summed E-state index contributed by atoms with van der Waals surface area (Å²) in [5.41, 5.74) is 0.858. The third-order valence-electron chi connectivity index (χ3n) is 4.56. The number of amides is 1. The van der Waals surface area contributed by atoms with Gasteiger partial charge in [-0.3, -0.25) is 14.4 Å². The number of hydrogen-bond donors (Lipinski definition) is 1. The molecule has 0 saturated heterocycles. The Morgan fingerprint density at radius 3 is 2.50 bits per heavy atom. The number of ketones is 1. The highest BCUT2D eigenvalue weighted by Crippen LogP contribution is 2.33. The summed E-state index contributed by atoms with van der Waals surface area (Å²) in [6.45, 7) is 0.275. The number of rotatable bonds is 7. The molecule has 0 atom stereocenters. The van der Waals surface area contributed by atoms with Gasteiger partial charge in [-0.1, -0.05) is 12.1 Å². The van der Waals surface area contributed by atoms with Gasteiger partial charge in [0, 0.05) is 25.2 Å². The third kappa shape index (κ3) is 4.02. The van der Waals surface area contributed by atoms with Gasteiger partial charge in [0.05, 0.1) is 13.7 Å². The molecule has 136 valence electrons. The molecule has 1 amide bonds. The van der Waals surface area contributed by atoms with Crippen molar-refractivity contribution in [3.63, 3.8) is 0 Å². The lowest BCUT2D eigenvalue weighted by molar-refractivity contribution is 0.0961. The van der Waals surface area contributed by atoms with Gasteiger partial charge in [-0.05, 0) is 42.5 Å². The molecule has 0 bridgehead atoms. The van der Waals surface area contributed by atoms with Crippen molar-refractivity contribution in [2.24, 2.45) is 5.92 Å². The number of aromatic nitrogens is 1. The van der Waals surface area contributed by atoms with E-state index in [2.05, 4.69) is 5.32 Å². The standard InChI is InChI=1S/C20H22N2O4/c1-21-19(24)17-10-15(18(23)9-13-3-4-13)12-22(20(17)25)11-14-5-7-16(26-2)8-6-14/h5-8,10,12-13H,3-4,9,11H2,1-2H3,(H,21,24). The third-order valence-corrected chi connectivity index (χ3v) is 4.56. The van der Waals surface area contributed by atoms with Gasteiger partial charge in [-0.15, -0.1) is 0 Å². The lowest BCUT2D eigenvalue weighted by Crippen LogP contribution is -2.32. The zero-order valence-corrected chi connectivity index (χ0v) is 15.0. The maximum absolute atomic E-state index is 12.7. The molecule has 1 aliphatic carbocycles. The maximum Gasteiger partial charge on any atom is 0.263 e. The monoisotopic (exact) mass is 354 g/mol. The van der Waals surface area contributed by atoms with Crippen molar-refractivity contribution < 1.29 is 14.3 Å². The fourth-order valence-corrected chi connectivity index (χ4v) is 2.83. The van der Waals surface area contributed by atoms with Crippen LogP contribution < -0.4 is 15.6 Å². The van der Waals surface area contributed by atoms with Crippen LogP contribution in [0.25, 0.3) is 0 Å². The Morgan fingerprint density at radius 1 is 1.23 bits per heavy atom. The first-order valence-electron chi connectivity index (χ1n) is 8.64. The van der Waals surface area contributed by atoms with E-state index in [1.54, 1.807) is 13.3 Å². The molecular weight excluding hydrogens is 332 g/mol. The number of pyridine rings is 1. The molecule has 6 heteroatoms. The minimum absolute atomic E-state index is 0.0114. The number of ether oxygens (including phenoxy) is 1. The van der Waals surface area contributed by atoms with Crippen LogP contribution in [0, 0.1) is 5.92 Å². The van der Waals surface area contributed by atoms with Crippen LogP contribution >= 0.6 is 0 Å². The summed E-state index contributed by atoms with van der Waals surface area (Å²) in [4.78, 5) is 37.2. The Balaban J connectivity index is 1.96. The Morgan fingerprint density at radius 2 is 1.92 bits per heavy atom. The molecule has 0 radical (unpaired) electrons. The Hall–Kier alpha value is -2.89. The molecule has 1 aromatic heterocycles. The molecule has 1 N–H and O–H groups in total. The first kappa shape index (κ1) is 17.9. The summed E-state index contributed by atoms with van der Waals surface area (Å²) in [5, 5.41) is 2.47. The van der Waals surface area contributed by atoms with Crippen LogP contribution in [0.5, 0.6) is 5.75 Å². The molecule has 0 unspecified atom stereocenters. The quantitative estimate of drug-likeness (QED) is 0.774. The van der Waals surface area contributed by atoms with Gasteiger partial charge in [0.15, 0.2) is 5.78 Å². The van der Waals surface area contributed by atoms with Gasteiger partial charge < -0.3 is 14.6 Å². The van der Waals surface area contributed by atoms with Gasteiger partial charge in [-0.25, -0.2) is 0 Å². The minimum Gasteiger partial charge on any atom is -0.497 e. The maximum atomic E-state index is 12.7. The van der Waals surface area contributed by atoms with Gasteiger partial charge in [0.2, 0.25) is 0 Å². The summed E-state index contributed by atoms with van der Waals surface area (Å²) >= 11 is 0. The van der Waals surface area contributed by atoms with E-state index in [1.165, 1.54) is 17.7 Å². The summed E-state index contributed by atoms with van der Waals surface area (Å²) in [6.07, 6.45) is 4.16. The number of hydrogen-bond acceptors (Lipinski definition) is 4. The number of benzene rings is 1. The Bertz CT molecular complexity index is 880. The average molecular weight is 354 g/mol. The first-order valence-corrected chi connectivity index (χ1v) is 8.64. The molecule has 26 heavy (non-hydrogen) atoms. The van der Waals surface area contributed by atoms with E-state index < -0.39 is 11.5 Å². The van der Waals surface area contributed by atoms with Gasteiger partial charge >= 0.3 is 0 Å². The van der Waals surface area contributed by atoms with E-state index in [-0.39, 0.29) is 17.9 Å². The summed E-state index contributed by atoms with van der Waals surface area (Å²) in [5.74, 6) is 0.647. The zero-order valence-electron chi connectivity index (χ0n) is 15.0. The van der Waals surface area contributed by atoms with E-state index in [0.717, 1.165) is 24.2 Å². The molecule has 0 spiro atoms. The van der Waals surface area contributed by atoms with E-state index in [9.17, 15) is 14.4 Å². The molecule has 2 aromatic rings. The number of carbonyl (C=O) groups is 2. The van der Waals surface area contributed by atoms with Crippen LogP contribution in [0.3, 0.4) is 0 Å². The average Bonchev–Trinajstić information content (AvgIpc) is 3.47. The molecular formula is C20H22N2O4. The molecule has 1 saturated carbocycles. The van der Waals surface area contributed by atoms with Crippen LogP contribution in [0.2, 0.25) is 0 Å². The molecule has 0 aliphatic heterocycles. The number of nitrogens with one attached hydrogen (secondary N) is 1. The van der Waals surface area contributed by atoms with Crippen molar-refractivity contribution >= 4 is 11.7 Å². The van der Waals surface area contributed by atoms with Gasteiger partial charge in [0.25, 0.3) is 11.5 Å². The van der Waals surface area contributed by atoms with Crippen molar-refractivity contribution in [2.45, 2.75) is 25.8 Å². The number of methoxy groups -OCH3 is 1. The first-order chi connectivity index (χ1) is 12.5. The van der Waals surface area contributed by atoms with Gasteiger partial charge in [0.1, 0.15) is 11.3 Å². The van der Waals surface area contributed by atoms with Crippen LogP contribution in [0.15, 0.2) is 41.3 Å². The summed E-state index contributed by atoms with van der Waals surface area (Å²) < 4.78 is 6.56. The van der Waals surface area contributed by atoms with Crippen molar-refractivity contribution in [2.75, 3.05) is 14.2 Å². The lowest BCUT2D eigenvalue weighted by atomic mass is 10.0. The lowest BCUT2D eigenvalue weighted by Gasteiger charge is -2.11. The van der Waals surface area contributed by atoms with Crippen molar-refractivity contribution in [1.29, 1.82) is 0 Å². The van der Waals surface area contributed by atoms with E-state index >= 15 is 0 Å². The van der Waals surface area contributed by atoms with E-state index in [0.29, 0.717) is 17.9 Å². The normalized spacial score (nSPS) is 13.3. The molecule has 1 aromatic carbocycles. The van der Waals surface area contributed by atoms with Crippen LogP contribution in [-0.4, -0.2) is 30.4 Å². The van der Waals surface area contributed by atoms with Crippen molar-refractivity contribution in [3.8, 4) is 5.75 Å². The number of nitrogens with zero attached hydrogens (tertiary/aromatic N) is 1. The topological polar surface area (TPSA) is 77.4 Å². The molecule has 6 nitrogen and oxygen atoms in total. The molecule has 1 fully saturated rings. The minimum atomic E-state index is -0.487. The summed E-state index contributed by atoms with van der Waals surface area (Å²) in [7, 11) is 3.05. The number of Topliss-reactive ketones (excluding diaryl/α,β-unsaturated/α-hetero) is 1. The molecule has 3 rings (SSSR count). The van der Waals surface area contributed by atoms with Crippen LogP contribution in [0.1, 0.15) is 45.5 Å². The SMILES string of the molecule is CNC(=O)c1cc(C(=O)CC2CC2)cn(Cc2ccc(OC)cc2)c1=O. The van der Waals surface area contributed by atoms with E-state index in [4.69, 9.17) is 4.74 Å². The van der Waals surface area contributed by atoms with E-state index in [1.807, 2.05) is 24.3 Å². The van der Waals surface area contributed by atoms with Crippen LogP contribution in [-0.2, 0) is 6.54 Å². The van der Waals surface area contributed by atoms with Crippen molar-refractivity contribution in [3.05, 3.63) is 63.6 Å². The second kappa shape index (κ2) is 7.56. The van der Waals surface area contributed by atoms with Crippen LogP contribution in [0.4, 0.5) is 0 Å². The highest BCUT2D eigenvalue weighted by molar-refractivity contribution is 6.00.